The lowest BCUT2D eigenvalue weighted by atomic mass is 9.88. The number of nitrogens with zero attached hydrogens (tertiary/aromatic N) is 2. The van der Waals surface area contributed by atoms with E-state index in [1.165, 1.54) is 13.2 Å². The van der Waals surface area contributed by atoms with Crippen LogP contribution in [0, 0.1) is 12.7 Å². The number of aryl methyl sites for hydroxylation is 1. The summed E-state index contributed by atoms with van der Waals surface area (Å²) >= 11 is 0. The summed E-state index contributed by atoms with van der Waals surface area (Å²) in [5.74, 6) is 1.30. The molecule has 1 amide bonds. The molecule has 2 aromatic rings. The average molecular weight is 429 g/mol. The molecule has 1 aromatic carbocycles. The molecule has 0 bridgehead atoms. The lowest BCUT2D eigenvalue weighted by Crippen LogP contribution is -2.33. The van der Waals surface area contributed by atoms with Gasteiger partial charge >= 0.3 is 0 Å². The summed E-state index contributed by atoms with van der Waals surface area (Å²) in [7, 11) is 3.13. The molecule has 0 unspecified atom stereocenters. The van der Waals surface area contributed by atoms with Gasteiger partial charge in [0.1, 0.15) is 23.1 Å². The van der Waals surface area contributed by atoms with E-state index in [1.54, 1.807) is 18.1 Å². The van der Waals surface area contributed by atoms with Crippen molar-refractivity contribution in [2.24, 2.45) is 0 Å². The van der Waals surface area contributed by atoms with Gasteiger partial charge in [-0.15, -0.1) is 0 Å². The SMILES string of the molecule is COc1cc(C2CCOCC2)nc(N2C(=O)C[C@H](c3c(C)cc(OC)cc3F)[C@H]2C)c1. The number of benzene rings is 1. The lowest BCUT2D eigenvalue weighted by Gasteiger charge is -2.27. The third kappa shape index (κ3) is 4.11. The van der Waals surface area contributed by atoms with E-state index < -0.39 is 0 Å². The predicted molar refractivity (Wildman–Crippen MR) is 116 cm³/mol. The van der Waals surface area contributed by atoms with Crippen LogP contribution in [-0.2, 0) is 9.53 Å². The number of halogens is 1. The number of carbonyl (C=O) groups is 1. The minimum Gasteiger partial charge on any atom is -0.497 e. The highest BCUT2D eigenvalue weighted by Crippen LogP contribution is 2.41. The molecular formula is C24H29FN2O4. The quantitative estimate of drug-likeness (QED) is 0.709. The summed E-state index contributed by atoms with van der Waals surface area (Å²) in [6.07, 6.45) is 2.01. The molecular weight excluding hydrogens is 399 g/mol. The number of ether oxygens (including phenoxy) is 3. The molecule has 166 valence electrons. The molecule has 0 saturated carbocycles. The number of pyridine rings is 1. The topological polar surface area (TPSA) is 60.9 Å². The Morgan fingerprint density at radius 2 is 1.77 bits per heavy atom. The van der Waals surface area contributed by atoms with Crippen LogP contribution in [0.3, 0.4) is 0 Å². The number of amides is 1. The standard InChI is InChI=1S/C24H29FN2O4/c1-14-9-17(29-3)10-20(25)24(14)19-13-23(28)27(15(19)2)22-12-18(30-4)11-21(26-22)16-5-7-31-8-6-16/h9-12,15-16,19H,5-8,13H2,1-4H3/t15-,19+/m1/s1. The van der Waals surface area contributed by atoms with E-state index in [2.05, 4.69) is 0 Å². The van der Waals surface area contributed by atoms with Crippen molar-refractivity contribution in [2.75, 3.05) is 32.3 Å². The summed E-state index contributed by atoms with van der Waals surface area (Å²) in [5.41, 5.74) is 2.26. The van der Waals surface area contributed by atoms with Gasteiger partial charge in [-0.2, -0.15) is 0 Å². The van der Waals surface area contributed by atoms with Crippen molar-refractivity contribution in [3.63, 3.8) is 0 Å². The Balaban J connectivity index is 1.69. The summed E-state index contributed by atoms with van der Waals surface area (Å²) in [4.78, 5) is 19.6. The summed E-state index contributed by atoms with van der Waals surface area (Å²) in [5, 5.41) is 0. The first-order valence-electron chi connectivity index (χ1n) is 10.7. The van der Waals surface area contributed by atoms with Crippen molar-refractivity contribution in [1.82, 2.24) is 4.98 Å². The summed E-state index contributed by atoms with van der Waals surface area (Å²) in [6.45, 7) is 5.22. The largest absolute Gasteiger partial charge is 0.497 e. The van der Waals surface area contributed by atoms with Gasteiger partial charge in [0.25, 0.3) is 0 Å². The van der Waals surface area contributed by atoms with Gasteiger partial charge in [-0.25, -0.2) is 9.37 Å². The molecule has 2 saturated heterocycles. The van der Waals surface area contributed by atoms with Gasteiger partial charge in [0.2, 0.25) is 5.91 Å². The molecule has 3 heterocycles. The van der Waals surface area contributed by atoms with Gasteiger partial charge in [-0.3, -0.25) is 9.69 Å². The second kappa shape index (κ2) is 8.83. The zero-order valence-electron chi connectivity index (χ0n) is 18.5. The van der Waals surface area contributed by atoms with Crippen LogP contribution in [0.15, 0.2) is 24.3 Å². The van der Waals surface area contributed by atoms with Crippen LogP contribution in [-0.4, -0.2) is 44.4 Å². The highest BCUT2D eigenvalue weighted by Gasteiger charge is 2.41. The molecule has 2 atom stereocenters. The van der Waals surface area contributed by atoms with Crippen molar-refractivity contribution in [3.05, 3.63) is 46.9 Å². The Morgan fingerprint density at radius 1 is 1.10 bits per heavy atom. The van der Waals surface area contributed by atoms with E-state index in [-0.39, 0.29) is 36.0 Å². The van der Waals surface area contributed by atoms with Crippen LogP contribution >= 0.6 is 0 Å². The molecule has 0 radical (unpaired) electrons. The summed E-state index contributed by atoms with van der Waals surface area (Å²) < 4.78 is 31.1. The Labute approximate surface area is 182 Å². The molecule has 2 aliphatic heterocycles. The third-order valence-corrected chi connectivity index (χ3v) is 6.50. The van der Waals surface area contributed by atoms with Crippen molar-refractivity contribution in [1.29, 1.82) is 0 Å². The minimum atomic E-state index is -0.343. The Morgan fingerprint density at radius 3 is 2.42 bits per heavy atom. The van der Waals surface area contributed by atoms with Crippen LogP contribution in [0.4, 0.5) is 10.2 Å². The molecule has 2 fully saturated rings. The highest BCUT2D eigenvalue weighted by atomic mass is 19.1. The molecule has 7 heteroatoms. The number of anilines is 1. The molecule has 2 aliphatic rings. The maximum absolute atomic E-state index is 14.9. The molecule has 31 heavy (non-hydrogen) atoms. The molecule has 0 N–H and O–H groups in total. The normalized spacial score (nSPS) is 22.1. The Kier molecular flexibility index (Phi) is 6.14. The fourth-order valence-electron chi connectivity index (χ4n) is 4.81. The van der Waals surface area contributed by atoms with Crippen molar-refractivity contribution < 1.29 is 23.4 Å². The summed E-state index contributed by atoms with van der Waals surface area (Å²) in [6, 6.07) is 6.68. The highest BCUT2D eigenvalue weighted by molar-refractivity contribution is 5.96. The number of aromatic nitrogens is 1. The third-order valence-electron chi connectivity index (χ3n) is 6.50. The zero-order valence-corrected chi connectivity index (χ0v) is 18.5. The van der Waals surface area contributed by atoms with E-state index in [1.807, 2.05) is 26.0 Å². The Bertz CT molecular complexity index is 951. The fraction of sp³-hybridized carbons (Fsp3) is 0.500. The van der Waals surface area contributed by atoms with E-state index in [9.17, 15) is 9.18 Å². The first-order chi connectivity index (χ1) is 14.9. The van der Waals surface area contributed by atoms with E-state index in [4.69, 9.17) is 19.2 Å². The molecule has 4 rings (SSSR count). The number of methoxy groups -OCH3 is 2. The molecule has 6 nitrogen and oxygen atoms in total. The first kappa shape index (κ1) is 21.6. The van der Waals surface area contributed by atoms with Gasteiger partial charge in [0.05, 0.1) is 14.2 Å². The predicted octanol–water partition coefficient (Wildman–Crippen LogP) is 4.35. The van der Waals surface area contributed by atoms with Crippen molar-refractivity contribution >= 4 is 11.7 Å². The number of rotatable bonds is 5. The van der Waals surface area contributed by atoms with E-state index in [0.29, 0.717) is 36.1 Å². The van der Waals surface area contributed by atoms with Gasteiger partial charge in [-0.05, 0) is 43.9 Å². The monoisotopic (exact) mass is 428 g/mol. The molecule has 0 aliphatic carbocycles. The van der Waals surface area contributed by atoms with Gasteiger partial charge in [0.15, 0.2) is 0 Å². The van der Waals surface area contributed by atoms with Gasteiger partial charge < -0.3 is 14.2 Å². The molecule has 1 aromatic heterocycles. The maximum atomic E-state index is 14.9. The number of carbonyl (C=O) groups excluding carboxylic acids is 1. The van der Waals surface area contributed by atoms with Crippen molar-refractivity contribution in [2.45, 2.75) is 51.0 Å². The first-order valence-corrected chi connectivity index (χ1v) is 10.7. The van der Waals surface area contributed by atoms with Gasteiger partial charge in [-0.1, -0.05) is 0 Å². The van der Waals surface area contributed by atoms with E-state index in [0.717, 1.165) is 24.1 Å². The van der Waals surface area contributed by atoms with Crippen LogP contribution < -0.4 is 14.4 Å². The van der Waals surface area contributed by atoms with Crippen LogP contribution in [0.1, 0.15) is 54.8 Å². The average Bonchev–Trinajstić information content (AvgIpc) is 3.06. The zero-order chi connectivity index (χ0) is 22.1. The minimum absolute atomic E-state index is 0.0641. The van der Waals surface area contributed by atoms with Gasteiger partial charge in [0, 0.05) is 61.4 Å². The second-order valence-corrected chi connectivity index (χ2v) is 8.33. The van der Waals surface area contributed by atoms with E-state index >= 15 is 0 Å². The fourth-order valence-corrected chi connectivity index (χ4v) is 4.81. The van der Waals surface area contributed by atoms with Crippen LogP contribution in [0.5, 0.6) is 11.5 Å². The second-order valence-electron chi connectivity index (χ2n) is 8.33. The van der Waals surface area contributed by atoms with Crippen LogP contribution in [0.2, 0.25) is 0 Å². The maximum Gasteiger partial charge on any atom is 0.229 e. The van der Waals surface area contributed by atoms with Crippen LogP contribution in [0.25, 0.3) is 0 Å². The Hall–Kier alpha value is -2.67. The van der Waals surface area contributed by atoms with Crippen molar-refractivity contribution in [3.8, 4) is 11.5 Å². The molecule has 0 spiro atoms. The number of hydrogen-bond acceptors (Lipinski definition) is 5. The number of hydrogen-bond donors (Lipinski definition) is 0. The lowest BCUT2D eigenvalue weighted by molar-refractivity contribution is -0.117. The smallest absolute Gasteiger partial charge is 0.229 e.